The molecule has 1 aliphatic rings. The zero-order valence-corrected chi connectivity index (χ0v) is 17.5. The first-order valence-electron chi connectivity index (χ1n) is 8.50. The number of sulfonamides is 1. The fourth-order valence-corrected chi connectivity index (χ4v) is 5.05. The number of nitrogens with zero attached hydrogens (tertiary/aromatic N) is 2. The fourth-order valence-electron chi connectivity index (χ4n) is 2.83. The van der Waals surface area contributed by atoms with Crippen LogP contribution in [0, 0.1) is 0 Å². The summed E-state index contributed by atoms with van der Waals surface area (Å²) in [5, 5.41) is 1.50. The minimum atomic E-state index is -3.26. The lowest BCUT2D eigenvalue weighted by molar-refractivity contribution is -0.148. The van der Waals surface area contributed by atoms with Crippen LogP contribution in [0.1, 0.15) is 4.88 Å². The Balaban J connectivity index is 1.51. The van der Waals surface area contributed by atoms with E-state index in [0.29, 0.717) is 5.02 Å². The quantitative estimate of drug-likeness (QED) is 0.523. The minimum Gasteiger partial charge on any atom is -0.452 e. The lowest BCUT2D eigenvalue weighted by atomic mass is 10.2. The van der Waals surface area contributed by atoms with E-state index in [4.69, 9.17) is 16.3 Å². The van der Waals surface area contributed by atoms with Crippen LogP contribution >= 0.6 is 22.9 Å². The number of thiophene rings is 1. The van der Waals surface area contributed by atoms with Gasteiger partial charge in [-0.2, -0.15) is 4.31 Å². The van der Waals surface area contributed by atoms with E-state index in [-0.39, 0.29) is 38.7 Å². The number of amides is 1. The van der Waals surface area contributed by atoms with Crippen molar-refractivity contribution < 1.29 is 22.7 Å². The number of hydrogen-bond donors (Lipinski definition) is 0. The summed E-state index contributed by atoms with van der Waals surface area (Å²) in [4.78, 5) is 26.3. The highest BCUT2D eigenvalue weighted by Crippen LogP contribution is 2.35. The summed E-state index contributed by atoms with van der Waals surface area (Å²) in [7, 11) is -3.26. The first kappa shape index (κ1) is 20.8. The van der Waals surface area contributed by atoms with E-state index in [0.717, 1.165) is 21.2 Å². The Labute approximate surface area is 172 Å². The number of esters is 1. The van der Waals surface area contributed by atoms with Crippen molar-refractivity contribution >= 4 is 61.0 Å². The molecule has 0 aliphatic carbocycles. The Morgan fingerprint density at radius 1 is 1.21 bits per heavy atom. The van der Waals surface area contributed by atoms with Crippen LogP contribution in [0.4, 0.5) is 0 Å². The minimum absolute atomic E-state index is 0.239. The standard InChI is InChI=1S/C18H19ClN2O5S2/c1-28(24,25)21-10-8-20(9-11-21)16(22)12-26-17(23)7-6-15-18(19)13-4-2-3-5-14(13)27-15/h2-7H,8-12H2,1H3/b7-6+. The number of benzene rings is 1. The van der Waals surface area contributed by atoms with Crippen molar-refractivity contribution in [1.29, 1.82) is 0 Å². The molecule has 1 saturated heterocycles. The maximum absolute atomic E-state index is 12.1. The molecule has 7 nitrogen and oxygen atoms in total. The third-order valence-electron chi connectivity index (χ3n) is 4.33. The molecule has 2 heterocycles. The molecular weight excluding hydrogens is 424 g/mol. The van der Waals surface area contributed by atoms with Gasteiger partial charge in [-0.05, 0) is 12.1 Å². The van der Waals surface area contributed by atoms with Crippen molar-refractivity contribution in [2.75, 3.05) is 39.0 Å². The van der Waals surface area contributed by atoms with Gasteiger partial charge in [-0.3, -0.25) is 4.79 Å². The molecule has 3 rings (SSSR count). The normalized spacial score (nSPS) is 16.0. The summed E-state index contributed by atoms with van der Waals surface area (Å²) in [6, 6.07) is 7.66. The Bertz CT molecular complexity index is 1020. The predicted octanol–water partition coefficient (Wildman–Crippen LogP) is 2.21. The lowest BCUT2D eigenvalue weighted by Gasteiger charge is -2.33. The summed E-state index contributed by atoms with van der Waals surface area (Å²) in [6.45, 7) is 0.640. The lowest BCUT2D eigenvalue weighted by Crippen LogP contribution is -2.51. The van der Waals surface area contributed by atoms with Crippen LogP contribution in [-0.4, -0.2) is 68.5 Å². The molecule has 1 aromatic carbocycles. The molecule has 150 valence electrons. The van der Waals surface area contributed by atoms with Crippen molar-refractivity contribution in [3.63, 3.8) is 0 Å². The average molecular weight is 443 g/mol. The van der Waals surface area contributed by atoms with Gasteiger partial charge in [-0.15, -0.1) is 11.3 Å². The highest BCUT2D eigenvalue weighted by atomic mass is 35.5. The maximum atomic E-state index is 12.1. The SMILES string of the molecule is CS(=O)(=O)N1CCN(C(=O)COC(=O)/C=C/c2sc3ccccc3c2Cl)CC1. The number of hydrogen-bond acceptors (Lipinski definition) is 6. The number of ether oxygens (including phenoxy) is 1. The van der Waals surface area contributed by atoms with E-state index in [1.54, 1.807) is 6.08 Å². The summed E-state index contributed by atoms with van der Waals surface area (Å²) >= 11 is 7.77. The number of carbonyl (C=O) groups excluding carboxylic acids is 2. The molecule has 1 aliphatic heterocycles. The molecular formula is C18H19ClN2O5S2. The van der Waals surface area contributed by atoms with E-state index in [2.05, 4.69) is 0 Å². The average Bonchev–Trinajstić information content (AvgIpc) is 3.00. The summed E-state index contributed by atoms with van der Waals surface area (Å²) in [5.74, 6) is -0.994. The zero-order chi connectivity index (χ0) is 20.3. The summed E-state index contributed by atoms with van der Waals surface area (Å²) in [5.41, 5.74) is 0. The number of piperazine rings is 1. The summed E-state index contributed by atoms with van der Waals surface area (Å²) < 4.78 is 30.3. The second-order valence-electron chi connectivity index (χ2n) is 6.26. The second-order valence-corrected chi connectivity index (χ2v) is 9.70. The van der Waals surface area contributed by atoms with E-state index in [1.807, 2.05) is 24.3 Å². The monoisotopic (exact) mass is 442 g/mol. The van der Waals surface area contributed by atoms with Crippen LogP contribution in [-0.2, 0) is 24.3 Å². The van der Waals surface area contributed by atoms with Gasteiger partial charge in [0.2, 0.25) is 10.0 Å². The Morgan fingerprint density at radius 3 is 2.54 bits per heavy atom. The molecule has 1 amide bonds. The molecule has 0 N–H and O–H groups in total. The smallest absolute Gasteiger partial charge is 0.331 e. The molecule has 0 saturated carbocycles. The van der Waals surface area contributed by atoms with E-state index >= 15 is 0 Å². The van der Waals surface area contributed by atoms with Crippen molar-refractivity contribution in [3.8, 4) is 0 Å². The van der Waals surface area contributed by atoms with Gasteiger partial charge in [0.15, 0.2) is 6.61 Å². The third kappa shape index (κ3) is 4.91. The fraction of sp³-hybridized carbons (Fsp3) is 0.333. The van der Waals surface area contributed by atoms with Gasteiger partial charge < -0.3 is 9.64 Å². The van der Waals surface area contributed by atoms with E-state index < -0.39 is 16.0 Å². The van der Waals surface area contributed by atoms with Crippen LogP contribution < -0.4 is 0 Å². The molecule has 1 aromatic heterocycles. The molecule has 28 heavy (non-hydrogen) atoms. The number of carbonyl (C=O) groups is 2. The predicted molar refractivity (Wildman–Crippen MR) is 110 cm³/mol. The highest BCUT2D eigenvalue weighted by molar-refractivity contribution is 7.88. The molecule has 0 radical (unpaired) electrons. The molecule has 10 heteroatoms. The topological polar surface area (TPSA) is 84.0 Å². The number of rotatable bonds is 5. The van der Waals surface area contributed by atoms with Crippen LogP contribution in [0.2, 0.25) is 5.02 Å². The molecule has 0 bridgehead atoms. The third-order valence-corrected chi connectivity index (χ3v) is 7.29. The van der Waals surface area contributed by atoms with Crippen molar-refractivity contribution in [2.24, 2.45) is 0 Å². The molecule has 0 spiro atoms. The van der Waals surface area contributed by atoms with Crippen LogP contribution in [0.25, 0.3) is 16.2 Å². The van der Waals surface area contributed by atoms with Crippen LogP contribution in [0.15, 0.2) is 30.3 Å². The van der Waals surface area contributed by atoms with E-state index in [9.17, 15) is 18.0 Å². The van der Waals surface area contributed by atoms with Gasteiger partial charge in [0.25, 0.3) is 5.91 Å². The molecule has 1 fully saturated rings. The van der Waals surface area contributed by atoms with Crippen LogP contribution in [0.3, 0.4) is 0 Å². The molecule has 2 aromatic rings. The Kier molecular flexibility index (Phi) is 6.39. The van der Waals surface area contributed by atoms with Gasteiger partial charge in [0.1, 0.15) is 0 Å². The van der Waals surface area contributed by atoms with Gasteiger partial charge in [-0.25, -0.2) is 13.2 Å². The zero-order valence-electron chi connectivity index (χ0n) is 15.1. The van der Waals surface area contributed by atoms with Crippen molar-refractivity contribution in [2.45, 2.75) is 0 Å². The Morgan fingerprint density at radius 2 is 1.89 bits per heavy atom. The van der Waals surface area contributed by atoms with Gasteiger partial charge in [-0.1, -0.05) is 29.8 Å². The Hall–Kier alpha value is -1.94. The first-order valence-corrected chi connectivity index (χ1v) is 11.5. The van der Waals surface area contributed by atoms with E-state index in [1.165, 1.54) is 26.6 Å². The largest absolute Gasteiger partial charge is 0.452 e. The first-order chi connectivity index (χ1) is 13.3. The summed E-state index contributed by atoms with van der Waals surface area (Å²) in [6.07, 6.45) is 3.96. The highest BCUT2D eigenvalue weighted by Gasteiger charge is 2.26. The van der Waals surface area contributed by atoms with Gasteiger partial charge >= 0.3 is 5.97 Å². The van der Waals surface area contributed by atoms with Gasteiger partial charge in [0.05, 0.1) is 11.3 Å². The van der Waals surface area contributed by atoms with Crippen molar-refractivity contribution in [1.82, 2.24) is 9.21 Å². The maximum Gasteiger partial charge on any atom is 0.331 e. The molecule has 0 unspecified atom stereocenters. The number of fused-ring (bicyclic) bond motifs is 1. The molecule has 0 atom stereocenters. The second kappa shape index (κ2) is 8.60. The number of halogens is 1. The van der Waals surface area contributed by atoms with Gasteiger partial charge in [0, 0.05) is 47.2 Å². The van der Waals surface area contributed by atoms with Crippen LogP contribution in [0.5, 0.6) is 0 Å². The van der Waals surface area contributed by atoms with Crippen molar-refractivity contribution in [3.05, 3.63) is 40.2 Å².